The van der Waals surface area contributed by atoms with Crippen molar-refractivity contribution in [3.05, 3.63) is 40.8 Å². The summed E-state index contributed by atoms with van der Waals surface area (Å²) in [5.41, 5.74) is 1.89. The number of para-hydroxylation sites is 1. The zero-order valence-electron chi connectivity index (χ0n) is 8.76. The average molecular weight is 232 g/mol. The lowest BCUT2D eigenvalue weighted by molar-refractivity contribution is 0.436. The van der Waals surface area contributed by atoms with Crippen molar-refractivity contribution in [3.8, 4) is 11.6 Å². The molecule has 1 aromatic heterocycles. The van der Waals surface area contributed by atoms with E-state index in [4.69, 9.17) is 12.2 Å². The van der Waals surface area contributed by atoms with E-state index in [-0.39, 0.29) is 0 Å². The summed E-state index contributed by atoms with van der Waals surface area (Å²) >= 11 is 5.39. The molecule has 1 aromatic carbocycles. The molecule has 0 aliphatic carbocycles. The predicted molar refractivity (Wildman–Crippen MR) is 64.6 cm³/mol. The van der Waals surface area contributed by atoms with Crippen molar-refractivity contribution in [2.75, 3.05) is 0 Å². The molecule has 16 heavy (non-hydrogen) atoms. The molecule has 3 rings (SSSR count). The molecule has 0 saturated heterocycles. The summed E-state index contributed by atoms with van der Waals surface area (Å²) in [7, 11) is 0. The minimum Gasteiger partial charge on any atom is -0.493 e. The van der Waals surface area contributed by atoms with Crippen LogP contribution in [-0.2, 0) is 13.0 Å². The Morgan fingerprint density at radius 3 is 2.62 bits per heavy atom. The predicted octanol–water partition coefficient (Wildman–Crippen LogP) is 2.66. The number of fused-ring (bicyclic) bond motifs is 1. The fraction of sp³-hybridized carbons (Fsp3) is 0.250. The molecule has 0 bridgehead atoms. The highest BCUT2D eigenvalue weighted by molar-refractivity contribution is 7.71. The van der Waals surface area contributed by atoms with Crippen LogP contribution in [0.15, 0.2) is 30.3 Å². The van der Waals surface area contributed by atoms with Gasteiger partial charge in [0, 0.05) is 6.54 Å². The molecule has 1 aliphatic rings. The Kier molecular flexibility index (Phi) is 2.11. The highest BCUT2D eigenvalue weighted by Crippen LogP contribution is 2.30. The van der Waals surface area contributed by atoms with E-state index in [0.29, 0.717) is 10.7 Å². The van der Waals surface area contributed by atoms with Crippen LogP contribution >= 0.6 is 12.2 Å². The third kappa shape index (κ3) is 1.23. The standard InChI is InChI=1S/C12H12N2OS/c15-11-10-7-4-8-13(10)12(16)14(11)9-5-2-1-3-6-9/h1-3,5-6,15H,4,7-8H2. The second-order valence-corrected chi connectivity index (χ2v) is 4.34. The van der Waals surface area contributed by atoms with Crippen molar-refractivity contribution in [1.29, 1.82) is 0 Å². The summed E-state index contributed by atoms with van der Waals surface area (Å²) in [6, 6.07) is 9.74. The van der Waals surface area contributed by atoms with Crippen molar-refractivity contribution in [1.82, 2.24) is 9.13 Å². The van der Waals surface area contributed by atoms with Crippen LogP contribution in [0.4, 0.5) is 0 Å². The Bertz CT molecular complexity index is 583. The SMILES string of the molecule is Oc1c2n(c(=S)n1-c1ccccc1)CCC2. The van der Waals surface area contributed by atoms with Gasteiger partial charge in [-0.3, -0.25) is 4.57 Å². The number of benzene rings is 1. The van der Waals surface area contributed by atoms with Gasteiger partial charge >= 0.3 is 0 Å². The Morgan fingerprint density at radius 1 is 1.19 bits per heavy atom. The first-order valence-corrected chi connectivity index (χ1v) is 5.78. The molecule has 0 saturated carbocycles. The monoisotopic (exact) mass is 232 g/mol. The Balaban J connectivity index is 2.27. The molecule has 0 fully saturated rings. The van der Waals surface area contributed by atoms with E-state index >= 15 is 0 Å². The van der Waals surface area contributed by atoms with Crippen LogP contribution < -0.4 is 0 Å². The molecule has 4 heteroatoms. The second kappa shape index (κ2) is 3.49. The van der Waals surface area contributed by atoms with Crippen molar-refractivity contribution in [2.24, 2.45) is 0 Å². The van der Waals surface area contributed by atoms with Gasteiger partial charge in [0.15, 0.2) is 4.77 Å². The molecule has 1 N–H and O–H groups in total. The van der Waals surface area contributed by atoms with Crippen LogP contribution in [-0.4, -0.2) is 14.2 Å². The van der Waals surface area contributed by atoms with Crippen LogP contribution in [0.25, 0.3) is 5.69 Å². The number of hydrogen-bond acceptors (Lipinski definition) is 2. The molecule has 0 amide bonds. The van der Waals surface area contributed by atoms with Gasteiger partial charge in [-0.2, -0.15) is 0 Å². The van der Waals surface area contributed by atoms with Crippen LogP contribution in [0.1, 0.15) is 12.1 Å². The fourth-order valence-electron chi connectivity index (χ4n) is 2.27. The molecule has 0 atom stereocenters. The van der Waals surface area contributed by atoms with Gasteiger partial charge in [0.2, 0.25) is 5.88 Å². The van der Waals surface area contributed by atoms with E-state index in [2.05, 4.69) is 0 Å². The number of nitrogens with zero attached hydrogens (tertiary/aromatic N) is 2. The smallest absolute Gasteiger partial charge is 0.218 e. The van der Waals surface area contributed by atoms with Gasteiger partial charge in [-0.05, 0) is 37.2 Å². The van der Waals surface area contributed by atoms with Crippen molar-refractivity contribution < 1.29 is 5.11 Å². The van der Waals surface area contributed by atoms with Crippen molar-refractivity contribution in [2.45, 2.75) is 19.4 Å². The second-order valence-electron chi connectivity index (χ2n) is 3.98. The highest BCUT2D eigenvalue weighted by atomic mass is 32.1. The first-order chi connectivity index (χ1) is 7.79. The molecule has 0 radical (unpaired) electrons. The van der Waals surface area contributed by atoms with Gasteiger partial charge in [0.25, 0.3) is 0 Å². The molecular formula is C12H12N2OS. The molecular weight excluding hydrogens is 220 g/mol. The van der Waals surface area contributed by atoms with E-state index < -0.39 is 0 Å². The minimum atomic E-state index is 0.300. The number of rotatable bonds is 1. The van der Waals surface area contributed by atoms with Crippen molar-refractivity contribution >= 4 is 12.2 Å². The summed E-state index contributed by atoms with van der Waals surface area (Å²) in [5.74, 6) is 0.300. The van der Waals surface area contributed by atoms with Gasteiger partial charge < -0.3 is 9.67 Å². The van der Waals surface area contributed by atoms with Gasteiger partial charge in [0.1, 0.15) is 0 Å². The zero-order valence-corrected chi connectivity index (χ0v) is 9.57. The topological polar surface area (TPSA) is 30.1 Å². The maximum absolute atomic E-state index is 10.2. The first-order valence-electron chi connectivity index (χ1n) is 5.38. The Hall–Kier alpha value is -1.55. The molecule has 1 aliphatic heterocycles. The van der Waals surface area contributed by atoms with E-state index in [0.717, 1.165) is 30.8 Å². The maximum atomic E-state index is 10.2. The summed E-state index contributed by atoms with van der Waals surface area (Å²) in [6.45, 7) is 0.918. The van der Waals surface area contributed by atoms with Gasteiger partial charge in [0.05, 0.1) is 11.4 Å². The van der Waals surface area contributed by atoms with E-state index in [1.807, 2.05) is 34.9 Å². The average Bonchev–Trinajstić information content (AvgIpc) is 2.86. The van der Waals surface area contributed by atoms with E-state index in [1.165, 1.54) is 0 Å². The lowest BCUT2D eigenvalue weighted by Gasteiger charge is -2.04. The highest BCUT2D eigenvalue weighted by Gasteiger charge is 2.21. The van der Waals surface area contributed by atoms with Crippen LogP contribution in [0.5, 0.6) is 5.88 Å². The number of imidazole rings is 1. The van der Waals surface area contributed by atoms with E-state index in [9.17, 15) is 5.11 Å². The summed E-state index contributed by atoms with van der Waals surface area (Å²) in [4.78, 5) is 0. The molecule has 82 valence electrons. The normalized spacial score (nSPS) is 14.0. The van der Waals surface area contributed by atoms with Crippen molar-refractivity contribution in [3.63, 3.8) is 0 Å². The molecule has 0 unspecified atom stereocenters. The Morgan fingerprint density at radius 2 is 1.94 bits per heavy atom. The van der Waals surface area contributed by atoms with Crippen LogP contribution in [0, 0.1) is 4.77 Å². The summed E-state index contributed by atoms with van der Waals surface area (Å²) in [5, 5.41) is 10.2. The minimum absolute atomic E-state index is 0.300. The van der Waals surface area contributed by atoms with Gasteiger partial charge in [-0.1, -0.05) is 18.2 Å². The molecule has 3 nitrogen and oxygen atoms in total. The summed E-state index contributed by atoms with van der Waals surface area (Å²) < 4.78 is 4.46. The quantitative estimate of drug-likeness (QED) is 0.766. The van der Waals surface area contributed by atoms with E-state index in [1.54, 1.807) is 4.57 Å². The first kappa shape index (κ1) is 9.66. The third-order valence-corrected chi connectivity index (χ3v) is 3.43. The number of aromatic hydroxyl groups is 1. The molecule has 0 spiro atoms. The third-order valence-electron chi connectivity index (χ3n) is 3.03. The largest absolute Gasteiger partial charge is 0.493 e. The van der Waals surface area contributed by atoms with Gasteiger partial charge in [-0.25, -0.2) is 0 Å². The number of aromatic nitrogens is 2. The summed E-state index contributed by atoms with van der Waals surface area (Å²) in [6.07, 6.45) is 1.98. The maximum Gasteiger partial charge on any atom is 0.218 e. The van der Waals surface area contributed by atoms with Crippen LogP contribution in [0.2, 0.25) is 0 Å². The van der Waals surface area contributed by atoms with Gasteiger partial charge in [-0.15, -0.1) is 0 Å². The molecule has 2 heterocycles. The molecule has 2 aromatic rings. The lowest BCUT2D eigenvalue weighted by Crippen LogP contribution is -1.97. The Labute approximate surface area is 98.6 Å². The zero-order chi connectivity index (χ0) is 11.1. The number of hydrogen-bond donors (Lipinski definition) is 1. The van der Waals surface area contributed by atoms with Crippen LogP contribution in [0.3, 0.4) is 0 Å². The lowest BCUT2D eigenvalue weighted by atomic mass is 10.3. The fourth-order valence-corrected chi connectivity index (χ4v) is 2.66.